The molecule has 3 rings (SSSR count). The molecule has 3 aromatic rings. The Morgan fingerprint density at radius 1 is 1.30 bits per heavy atom. The second-order valence-electron chi connectivity index (χ2n) is 5.84. The van der Waals surface area contributed by atoms with Gasteiger partial charge in [0.1, 0.15) is 5.82 Å². The summed E-state index contributed by atoms with van der Waals surface area (Å²) in [6, 6.07) is 8.74. The van der Waals surface area contributed by atoms with Gasteiger partial charge in [-0.15, -0.1) is 0 Å². The van der Waals surface area contributed by atoms with Crippen molar-refractivity contribution in [3.05, 3.63) is 60.0 Å². The molecule has 27 heavy (non-hydrogen) atoms. The highest BCUT2D eigenvalue weighted by Gasteiger charge is 2.35. The first kappa shape index (κ1) is 19.4. The lowest BCUT2D eigenvalue weighted by atomic mass is 10.2. The van der Waals surface area contributed by atoms with E-state index in [1.807, 2.05) is 0 Å². The Hall–Kier alpha value is -2.38. The van der Waals surface area contributed by atoms with Gasteiger partial charge in [-0.2, -0.15) is 13.8 Å². The van der Waals surface area contributed by atoms with Crippen LogP contribution in [0.5, 0.6) is 0 Å². The lowest BCUT2D eigenvalue weighted by Crippen LogP contribution is -2.03. The fourth-order valence-electron chi connectivity index (χ4n) is 2.29. The van der Waals surface area contributed by atoms with Crippen LogP contribution in [0, 0.1) is 5.82 Å². The number of pyridine rings is 1. The summed E-state index contributed by atoms with van der Waals surface area (Å²) >= 11 is 4.83. The molecule has 0 spiro atoms. The third kappa shape index (κ3) is 5.08. The number of hydrogen-bond acceptors (Lipinski definition) is 5. The number of halogens is 4. The Kier molecular flexibility index (Phi) is 5.26. The van der Waals surface area contributed by atoms with E-state index in [1.165, 1.54) is 37.1 Å². The van der Waals surface area contributed by atoms with Gasteiger partial charge in [-0.25, -0.2) is 4.39 Å². The van der Waals surface area contributed by atoms with Crippen LogP contribution in [-0.4, -0.2) is 21.8 Å². The zero-order chi connectivity index (χ0) is 19.7. The zero-order valence-corrected chi connectivity index (χ0v) is 15.5. The van der Waals surface area contributed by atoms with E-state index >= 15 is 0 Å². The number of nitrogens with zero attached hydrogens (tertiary/aromatic N) is 3. The molecule has 1 atom stereocenters. The van der Waals surface area contributed by atoms with E-state index in [0.29, 0.717) is 16.9 Å². The summed E-state index contributed by atoms with van der Waals surface area (Å²) in [5.74, 6) is -1.55. The molecule has 6 nitrogen and oxygen atoms in total. The smallest absolute Gasteiger partial charge is 0.336 e. The molecule has 0 bridgehead atoms. The van der Waals surface area contributed by atoms with Crippen molar-refractivity contribution in [1.82, 2.24) is 15.1 Å². The minimum Gasteiger partial charge on any atom is -0.336 e. The number of aromatic nitrogens is 3. The van der Waals surface area contributed by atoms with Crippen molar-refractivity contribution in [3.8, 4) is 11.4 Å². The van der Waals surface area contributed by atoms with Crippen molar-refractivity contribution >= 4 is 24.6 Å². The Balaban J connectivity index is 1.71. The van der Waals surface area contributed by atoms with E-state index in [4.69, 9.17) is 11.6 Å². The highest BCUT2D eigenvalue weighted by atomic mass is 35.5. The van der Waals surface area contributed by atoms with Gasteiger partial charge in [0.05, 0.1) is 6.16 Å². The molecule has 0 saturated carbocycles. The average molecular weight is 417 g/mol. The molecule has 0 saturated heterocycles. The lowest BCUT2D eigenvalue weighted by Gasteiger charge is -2.16. The minimum atomic E-state index is -3.75. The molecule has 2 heterocycles. The van der Waals surface area contributed by atoms with Gasteiger partial charge in [-0.1, -0.05) is 11.2 Å². The molecule has 2 aromatic heterocycles. The molecular weight excluding hydrogens is 404 g/mol. The van der Waals surface area contributed by atoms with Crippen molar-refractivity contribution in [2.75, 3.05) is 11.8 Å². The van der Waals surface area contributed by atoms with Gasteiger partial charge in [0.2, 0.25) is 5.82 Å². The Morgan fingerprint density at radius 2 is 2.07 bits per heavy atom. The highest BCUT2D eigenvalue weighted by molar-refractivity contribution is 7.63. The van der Waals surface area contributed by atoms with Crippen LogP contribution < -0.4 is 5.09 Å². The molecule has 142 valence electrons. The van der Waals surface area contributed by atoms with E-state index in [1.54, 1.807) is 12.1 Å². The molecule has 0 amide bonds. The third-order valence-electron chi connectivity index (χ3n) is 3.41. The SMILES string of the molecule is CP(=O)(Cc1ccc(-c2noc(C(F)(F)Cl)n2)cn1)Nc1cccc(F)c1. The van der Waals surface area contributed by atoms with Gasteiger partial charge >= 0.3 is 11.3 Å². The maximum absolute atomic E-state index is 13.2. The van der Waals surface area contributed by atoms with Gasteiger partial charge in [0.15, 0.2) is 7.29 Å². The maximum Gasteiger partial charge on any atom is 0.400 e. The van der Waals surface area contributed by atoms with Crippen LogP contribution in [0.15, 0.2) is 47.1 Å². The van der Waals surface area contributed by atoms with Gasteiger partial charge < -0.3 is 14.2 Å². The van der Waals surface area contributed by atoms with E-state index < -0.39 is 24.4 Å². The summed E-state index contributed by atoms with van der Waals surface area (Å²) in [5, 5.41) is 2.49. The van der Waals surface area contributed by atoms with Crippen LogP contribution in [0.4, 0.5) is 18.9 Å². The summed E-state index contributed by atoms with van der Waals surface area (Å²) < 4.78 is 56.2. The van der Waals surface area contributed by atoms with Gasteiger partial charge in [0.25, 0.3) is 0 Å². The number of rotatable bonds is 6. The molecule has 1 N–H and O–H groups in total. The van der Waals surface area contributed by atoms with Crippen LogP contribution in [-0.2, 0) is 16.1 Å². The first-order chi connectivity index (χ1) is 12.6. The normalized spacial score (nSPS) is 14.0. The van der Waals surface area contributed by atoms with Crippen LogP contribution >= 0.6 is 18.9 Å². The summed E-state index contributed by atoms with van der Waals surface area (Å²) in [6.07, 6.45) is 1.44. The number of hydrogen-bond donors (Lipinski definition) is 1. The Bertz CT molecular complexity index is 992. The van der Waals surface area contributed by atoms with Crippen LogP contribution in [0.2, 0.25) is 0 Å². The quantitative estimate of drug-likeness (QED) is 0.446. The number of anilines is 1. The first-order valence-corrected chi connectivity index (χ1v) is 10.3. The molecule has 0 fully saturated rings. The molecule has 1 unspecified atom stereocenters. The van der Waals surface area contributed by atoms with Crippen LogP contribution in [0.1, 0.15) is 11.6 Å². The van der Waals surface area contributed by atoms with Crippen molar-refractivity contribution < 1.29 is 22.3 Å². The lowest BCUT2D eigenvalue weighted by molar-refractivity contribution is 0.0551. The maximum atomic E-state index is 13.2. The van der Waals surface area contributed by atoms with Crippen LogP contribution in [0.25, 0.3) is 11.4 Å². The summed E-state index contributed by atoms with van der Waals surface area (Å²) in [7, 11) is -2.91. The number of benzene rings is 1. The zero-order valence-electron chi connectivity index (χ0n) is 13.9. The second-order valence-corrected chi connectivity index (χ2v) is 9.06. The van der Waals surface area contributed by atoms with Gasteiger partial charge in [0, 0.05) is 29.8 Å². The molecule has 0 aliphatic carbocycles. The summed E-state index contributed by atoms with van der Waals surface area (Å²) in [6.45, 7) is 1.52. The second kappa shape index (κ2) is 7.32. The molecule has 0 aliphatic rings. The molecule has 0 aliphatic heterocycles. The van der Waals surface area contributed by atoms with Crippen molar-refractivity contribution in [3.63, 3.8) is 0 Å². The number of nitrogens with one attached hydrogen (secondary N) is 1. The largest absolute Gasteiger partial charge is 0.400 e. The molecular formula is C16H13ClF3N4O2P. The van der Waals surface area contributed by atoms with E-state index in [9.17, 15) is 17.7 Å². The number of alkyl halides is 3. The summed E-state index contributed by atoms with van der Waals surface area (Å²) in [5.41, 5.74) is 1.22. The standard InChI is InChI=1S/C16H13ClF3N4O2P/c1-27(25,24-12-4-2-3-11(18)7-12)9-13-6-5-10(8-21-13)14-22-15(26-23-14)16(17,19)20/h2-8H,9H2,1H3,(H,24,25). The average Bonchev–Trinajstić information content (AvgIpc) is 3.05. The highest BCUT2D eigenvalue weighted by Crippen LogP contribution is 2.44. The van der Waals surface area contributed by atoms with E-state index in [-0.39, 0.29) is 12.0 Å². The minimum absolute atomic E-state index is 0.0954. The fourth-order valence-corrected chi connectivity index (χ4v) is 3.93. The van der Waals surface area contributed by atoms with E-state index in [0.717, 1.165) is 0 Å². The monoisotopic (exact) mass is 416 g/mol. The van der Waals surface area contributed by atoms with Crippen molar-refractivity contribution in [1.29, 1.82) is 0 Å². The van der Waals surface area contributed by atoms with Crippen LogP contribution in [0.3, 0.4) is 0 Å². The first-order valence-electron chi connectivity index (χ1n) is 7.59. The van der Waals surface area contributed by atoms with E-state index in [2.05, 4.69) is 24.7 Å². The Morgan fingerprint density at radius 3 is 2.67 bits per heavy atom. The van der Waals surface area contributed by atoms with Gasteiger partial charge in [-0.3, -0.25) is 4.98 Å². The predicted octanol–water partition coefficient (Wildman–Crippen LogP) is 5.08. The van der Waals surface area contributed by atoms with Gasteiger partial charge in [-0.05, 0) is 41.9 Å². The molecule has 1 aromatic carbocycles. The summed E-state index contributed by atoms with van der Waals surface area (Å²) in [4.78, 5) is 7.66. The Labute approximate surface area is 157 Å². The third-order valence-corrected chi connectivity index (χ3v) is 5.23. The van der Waals surface area contributed by atoms with Crippen molar-refractivity contribution in [2.45, 2.75) is 11.5 Å². The molecule has 11 heteroatoms. The topological polar surface area (TPSA) is 80.9 Å². The fraction of sp³-hybridized carbons (Fsp3) is 0.188. The molecule has 0 radical (unpaired) electrons. The van der Waals surface area contributed by atoms with Crippen molar-refractivity contribution in [2.24, 2.45) is 0 Å². The predicted molar refractivity (Wildman–Crippen MR) is 94.5 cm³/mol.